The maximum absolute atomic E-state index is 12.4. The average Bonchev–Trinajstić information content (AvgIpc) is 2.82. The van der Waals surface area contributed by atoms with Crippen molar-refractivity contribution in [3.05, 3.63) is 0 Å². The number of hydrogen-bond acceptors (Lipinski definition) is 4. The maximum atomic E-state index is 12.4. The van der Waals surface area contributed by atoms with Crippen LogP contribution >= 0.6 is 0 Å². The van der Waals surface area contributed by atoms with Gasteiger partial charge in [0.2, 0.25) is 11.8 Å². The van der Waals surface area contributed by atoms with Crippen LogP contribution in [0, 0.1) is 5.92 Å². The van der Waals surface area contributed by atoms with Crippen molar-refractivity contribution in [2.45, 2.75) is 70.4 Å². The van der Waals surface area contributed by atoms with E-state index in [0.29, 0.717) is 18.5 Å². The van der Waals surface area contributed by atoms with Crippen LogP contribution < -0.4 is 10.6 Å². The van der Waals surface area contributed by atoms with E-state index in [1.165, 1.54) is 45.2 Å². The molecule has 0 saturated carbocycles. The molecule has 26 heavy (non-hydrogen) atoms. The zero-order valence-corrected chi connectivity index (χ0v) is 16.3. The fraction of sp³-hybridized carbons (Fsp3) is 0.900. The first-order valence-corrected chi connectivity index (χ1v) is 10.7. The van der Waals surface area contributed by atoms with Crippen molar-refractivity contribution in [2.75, 3.05) is 39.3 Å². The number of rotatable bonds is 5. The molecule has 3 atom stereocenters. The van der Waals surface area contributed by atoms with E-state index in [-0.39, 0.29) is 17.9 Å². The minimum atomic E-state index is -0.347. The Kier molecular flexibility index (Phi) is 7.32. The highest BCUT2D eigenvalue weighted by Gasteiger charge is 2.28. The van der Waals surface area contributed by atoms with Crippen molar-refractivity contribution in [1.82, 2.24) is 20.4 Å². The van der Waals surface area contributed by atoms with E-state index in [2.05, 4.69) is 27.4 Å². The molecule has 2 amide bonds. The molecule has 3 aliphatic heterocycles. The van der Waals surface area contributed by atoms with Crippen LogP contribution in [0.4, 0.5) is 0 Å². The lowest BCUT2D eigenvalue weighted by molar-refractivity contribution is -0.129. The van der Waals surface area contributed by atoms with Crippen LogP contribution in [0.5, 0.6) is 0 Å². The summed E-state index contributed by atoms with van der Waals surface area (Å²) < 4.78 is 0. The molecule has 3 rings (SSSR count). The van der Waals surface area contributed by atoms with Gasteiger partial charge in [0.25, 0.3) is 0 Å². The molecule has 6 heteroatoms. The van der Waals surface area contributed by atoms with Crippen LogP contribution in [0.2, 0.25) is 0 Å². The third kappa shape index (κ3) is 5.68. The second-order valence-electron chi connectivity index (χ2n) is 8.49. The summed E-state index contributed by atoms with van der Waals surface area (Å²) in [6.45, 7) is 7.91. The van der Waals surface area contributed by atoms with Gasteiger partial charge in [-0.3, -0.25) is 14.5 Å². The molecule has 0 aromatic heterocycles. The summed E-state index contributed by atoms with van der Waals surface area (Å²) in [5.41, 5.74) is 0. The van der Waals surface area contributed by atoms with Gasteiger partial charge in [-0.2, -0.15) is 0 Å². The standard InChI is InChI=1S/C20H36N4O2/c1-16-7-3-5-12-24(16)14-17-8-6-11-23(13-17)15-19(25)22-18-9-2-4-10-21-20(18)26/h16-18H,2-15H2,1H3,(H,21,26)(H,22,25). The van der Waals surface area contributed by atoms with Crippen LogP contribution in [-0.4, -0.2) is 73.0 Å². The monoisotopic (exact) mass is 364 g/mol. The van der Waals surface area contributed by atoms with E-state index in [1.54, 1.807) is 0 Å². The lowest BCUT2D eigenvalue weighted by Crippen LogP contribution is -2.51. The molecule has 0 aromatic rings. The zero-order valence-electron chi connectivity index (χ0n) is 16.3. The highest BCUT2D eigenvalue weighted by Crippen LogP contribution is 2.22. The van der Waals surface area contributed by atoms with Gasteiger partial charge < -0.3 is 15.5 Å². The lowest BCUT2D eigenvalue weighted by Gasteiger charge is -2.39. The molecule has 148 valence electrons. The van der Waals surface area contributed by atoms with Crippen molar-refractivity contribution in [1.29, 1.82) is 0 Å². The number of likely N-dealkylation sites (tertiary alicyclic amines) is 2. The average molecular weight is 365 g/mol. The van der Waals surface area contributed by atoms with Crippen molar-refractivity contribution in [2.24, 2.45) is 5.92 Å². The summed E-state index contributed by atoms with van der Waals surface area (Å²) in [5.74, 6) is 0.642. The molecule has 3 fully saturated rings. The van der Waals surface area contributed by atoms with Gasteiger partial charge in [-0.1, -0.05) is 6.42 Å². The fourth-order valence-electron chi connectivity index (χ4n) is 4.72. The van der Waals surface area contributed by atoms with Crippen LogP contribution in [0.15, 0.2) is 0 Å². The van der Waals surface area contributed by atoms with Crippen LogP contribution in [0.1, 0.15) is 58.3 Å². The van der Waals surface area contributed by atoms with Gasteiger partial charge in [0.1, 0.15) is 6.04 Å². The Morgan fingerprint density at radius 3 is 2.81 bits per heavy atom. The highest BCUT2D eigenvalue weighted by atomic mass is 16.2. The molecule has 3 aliphatic rings. The van der Waals surface area contributed by atoms with Crippen LogP contribution in [0.25, 0.3) is 0 Å². The van der Waals surface area contributed by atoms with Crippen LogP contribution in [0.3, 0.4) is 0 Å². The number of hydrogen-bond donors (Lipinski definition) is 2. The number of amides is 2. The predicted molar refractivity (Wildman–Crippen MR) is 103 cm³/mol. The predicted octanol–water partition coefficient (Wildman–Crippen LogP) is 1.36. The lowest BCUT2D eigenvalue weighted by atomic mass is 9.95. The molecule has 0 aliphatic carbocycles. The van der Waals surface area contributed by atoms with E-state index in [1.807, 2.05) is 0 Å². The van der Waals surface area contributed by atoms with Gasteiger partial charge >= 0.3 is 0 Å². The first-order valence-electron chi connectivity index (χ1n) is 10.7. The molecule has 2 N–H and O–H groups in total. The Morgan fingerprint density at radius 2 is 1.96 bits per heavy atom. The first-order chi connectivity index (χ1) is 12.6. The molecule has 0 bridgehead atoms. The SMILES string of the molecule is CC1CCCCN1CC1CCCN(CC(=O)NC2CCCCNC2=O)C1. The van der Waals surface area contributed by atoms with Crippen molar-refractivity contribution in [3.8, 4) is 0 Å². The number of nitrogens with zero attached hydrogens (tertiary/aromatic N) is 2. The smallest absolute Gasteiger partial charge is 0.242 e. The summed E-state index contributed by atoms with van der Waals surface area (Å²) in [5, 5.41) is 5.84. The minimum Gasteiger partial charge on any atom is -0.354 e. The first kappa shape index (κ1) is 19.6. The molecule has 3 unspecified atom stereocenters. The molecule has 3 saturated heterocycles. The fourth-order valence-corrected chi connectivity index (χ4v) is 4.72. The highest BCUT2D eigenvalue weighted by molar-refractivity contribution is 5.88. The second-order valence-corrected chi connectivity index (χ2v) is 8.49. The topological polar surface area (TPSA) is 64.7 Å². The minimum absolute atomic E-state index is 0.000888. The summed E-state index contributed by atoms with van der Waals surface area (Å²) in [6.07, 6.45) is 9.20. The molecular formula is C20H36N4O2. The van der Waals surface area contributed by atoms with E-state index >= 15 is 0 Å². The van der Waals surface area contributed by atoms with Crippen molar-refractivity contribution < 1.29 is 9.59 Å². The molecule has 0 aromatic carbocycles. The van der Waals surface area contributed by atoms with E-state index in [4.69, 9.17) is 0 Å². The van der Waals surface area contributed by atoms with Crippen molar-refractivity contribution in [3.63, 3.8) is 0 Å². The van der Waals surface area contributed by atoms with Crippen molar-refractivity contribution >= 4 is 11.8 Å². The summed E-state index contributed by atoms with van der Waals surface area (Å²) >= 11 is 0. The zero-order chi connectivity index (χ0) is 18.4. The summed E-state index contributed by atoms with van der Waals surface area (Å²) in [7, 11) is 0. The summed E-state index contributed by atoms with van der Waals surface area (Å²) in [4.78, 5) is 29.4. The van der Waals surface area contributed by atoms with Gasteiger partial charge in [-0.05, 0) is 70.9 Å². The summed E-state index contributed by atoms with van der Waals surface area (Å²) in [6, 6.07) is 0.357. The molecule has 6 nitrogen and oxygen atoms in total. The Labute approximate surface area is 158 Å². The van der Waals surface area contributed by atoms with Gasteiger partial charge in [-0.15, -0.1) is 0 Å². The number of piperidine rings is 2. The molecule has 3 heterocycles. The maximum Gasteiger partial charge on any atom is 0.242 e. The third-order valence-corrected chi connectivity index (χ3v) is 6.27. The number of carbonyl (C=O) groups excluding carboxylic acids is 2. The van der Waals surface area contributed by atoms with E-state index in [0.717, 1.165) is 38.9 Å². The Bertz CT molecular complexity index is 484. The normalized spacial score (nSPS) is 31.9. The quantitative estimate of drug-likeness (QED) is 0.773. The number of nitrogens with one attached hydrogen (secondary N) is 2. The van der Waals surface area contributed by atoms with E-state index in [9.17, 15) is 9.59 Å². The van der Waals surface area contributed by atoms with Gasteiger partial charge in [0.05, 0.1) is 6.54 Å². The molecule has 0 spiro atoms. The second kappa shape index (κ2) is 9.70. The Morgan fingerprint density at radius 1 is 1.12 bits per heavy atom. The Balaban J connectivity index is 1.43. The van der Waals surface area contributed by atoms with Gasteiger partial charge in [0, 0.05) is 25.7 Å². The molecular weight excluding hydrogens is 328 g/mol. The number of carbonyl (C=O) groups is 2. The van der Waals surface area contributed by atoms with Crippen LogP contribution in [-0.2, 0) is 9.59 Å². The Hall–Kier alpha value is -1.14. The van der Waals surface area contributed by atoms with Gasteiger partial charge in [0.15, 0.2) is 0 Å². The third-order valence-electron chi connectivity index (χ3n) is 6.27. The van der Waals surface area contributed by atoms with E-state index < -0.39 is 0 Å². The molecule has 0 radical (unpaired) electrons. The largest absolute Gasteiger partial charge is 0.354 e. The van der Waals surface area contributed by atoms with Gasteiger partial charge in [-0.25, -0.2) is 0 Å².